The number of ether oxygens (including phenoxy) is 1. The minimum Gasteiger partial charge on any atom is -0.493 e. The monoisotopic (exact) mass is 243 g/mol. The van der Waals surface area contributed by atoms with Crippen LogP contribution in [-0.2, 0) is 13.5 Å². The summed E-state index contributed by atoms with van der Waals surface area (Å²) < 4.78 is 7.59. The fraction of sp³-hybridized carbons (Fsp3) is 0.357. The molecule has 0 spiro atoms. The van der Waals surface area contributed by atoms with Crippen LogP contribution in [0.4, 0.5) is 0 Å². The average Bonchev–Trinajstić information content (AvgIpc) is 2.99. The smallest absolute Gasteiger partial charge is 0.122 e. The third-order valence-corrected chi connectivity index (χ3v) is 3.49. The SMILES string of the molecule is CNC(c1ccc2c(c1)CCO2)c1cncn1C. The van der Waals surface area contributed by atoms with Crippen LogP contribution in [0.1, 0.15) is 22.9 Å². The largest absolute Gasteiger partial charge is 0.493 e. The Kier molecular flexibility index (Phi) is 2.80. The number of imidazole rings is 1. The number of aryl methyl sites for hydroxylation is 1. The molecule has 4 nitrogen and oxygen atoms in total. The maximum atomic E-state index is 5.54. The van der Waals surface area contributed by atoms with Crippen molar-refractivity contribution in [2.75, 3.05) is 13.7 Å². The van der Waals surface area contributed by atoms with Gasteiger partial charge in [-0.05, 0) is 24.2 Å². The van der Waals surface area contributed by atoms with Crippen LogP contribution in [-0.4, -0.2) is 23.2 Å². The number of rotatable bonds is 3. The number of aromatic nitrogens is 2. The summed E-state index contributed by atoms with van der Waals surface area (Å²) in [6.07, 6.45) is 4.74. The summed E-state index contributed by atoms with van der Waals surface area (Å²) in [5.74, 6) is 1.03. The van der Waals surface area contributed by atoms with Crippen molar-refractivity contribution in [2.45, 2.75) is 12.5 Å². The maximum absolute atomic E-state index is 5.54. The van der Waals surface area contributed by atoms with E-state index >= 15 is 0 Å². The van der Waals surface area contributed by atoms with Gasteiger partial charge in [0.05, 0.1) is 30.9 Å². The molecule has 1 aromatic heterocycles. The molecule has 1 aliphatic heterocycles. The van der Waals surface area contributed by atoms with Gasteiger partial charge in [0.15, 0.2) is 0 Å². The molecular weight excluding hydrogens is 226 g/mol. The van der Waals surface area contributed by atoms with Crippen LogP contribution in [0.5, 0.6) is 5.75 Å². The van der Waals surface area contributed by atoms with Crippen molar-refractivity contribution in [3.8, 4) is 5.75 Å². The predicted molar refractivity (Wildman–Crippen MR) is 69.8 cm³/mol. The van der Waals surface area contributed by atoms with Gasteiger partial charge in [-0.25, -0.2) is 4.98 Å². The number of benzene rings is 1. The third-order valence-electron chi connectivity index (χ3n) is 3.49. The van der Waals surface area contributed by atoms with E-state index in [9.17, 15) is 0 Å². The van der Waals surface area contributed by atoms with Gasteiger partial charge in [0.2, 0.25) is 0 Å². The van der Waals surface area contributed by atoms with E-state index < -0.39 is 0 Å². The first-order chi connectivity index (χ1) is 8.79. The molecule has 4 heteroatoms. The third kappa shape index (κ3) is 1.78. The van der Waals surface area contributed by atoms with Crippen LogP contribution < -0.4 is 10.1 Å². The van der Waals surface area contributed by atoms with E-state index in [0.717, 1.165) is 24.5 Å². The van der Waals surface area contributed by atoms with E-state index in [4.69, 9.17) is 4.74 Å². The quantitative estimate of drug-likeness (QED) is 0.891. The zero-order valence-corrected chi connectivity index (χ0v) is 10.7. The summed E-state index contributed by atoms with van der Waals surface area (Å²) in [5.41, 5.74) is 3.72. The highest BCUT2D eigenvalue weighted by molar-refractivity contribution is 5.42. The molecule has 2 aromatic rings. The summed E-state index contributed by atoms with van der Waals surface area (Å²) in [6.45, 7) is 0.800. The molecule has 1 aromatic carbocycles. The van der Waals surface area contributed by atoms with Crippen molar-refractivity contribution in [3.05, 3.63) is 47.5 Å². The van der Waals surface area contributed by atoms with Gasteiger partial charge in [0.1, 0.15) is 5.75 Å². The Morgan fingerprint density at radius 3 is 3.06 bits per heavy atom. The fourth-order valence-electron chi connectivity index (χ4n) is 2.52. The molecule has 1 aliphatic rings. The Morgan fingerprint density at radius 1 is 1.44 bits per heavy atom. The van der Waals surface area contributed by atoms with Gasteiger partial charge in [0, 0.05) is 13.5 Å². The maximum Gasteiger partial charge on any atom is 0.122 e. The summed E-state index contributed by atoms with van der Waals surface area (Å²) in [7, 11) is 3.99. The van der Waals surface area contributed by atoms with Gasteiger partial charge in [-0.2, -0.15) is 0 Å². The average molecular weight is 243 g/mol. The second-order valence-electron chi connectivity index (χ2n) is 4.62. The Hall–Kier alpha value is -1.81. The minimum atomic E-state index is 0.170. The van der Waals surface area contributed by atoms with Gasteiger partial charge in [-0.15, -0.1) is 0 Å². The summed E-state index contributed by atoms with van der Waals surface area (Å²) in [4.78, 5) is 4.19. The summed E-state index contributed by atoms with van der Waals surface area (Å²) in [6, 6.07) is 6.59. The first-order valence-corrected chi connectivity index (χ1v) is 6.18. The number of hydrogen-bond donors (Lipinski definition) is 1. The second kappa shape index (κ2) is 4.46. The van der Waals surface area contributed by atoms with Crippen LogP contribution in [0.15, 0.2) is 30.7 Å². The Balaban J connectivity index is 2.00. The molecule has 3 rings (SSSR count). The molecule has 0 radical (unpaired) electrons. The Labute approximate surface area is 107 Å². The van der Waals surface area contributed by atoms with Crippen molar-refractivity contribution in [1.82, 2.24) is 14.9 Å². The highest BCUT2D eigenvalue weighted by Gasteiger charge is 2.19. The molecule has 1 unspecified atom stereocenters. The fourth-order valence-corrected chi connectivity index (χ4v) is 2.52. The molecule has 94 valence electrons. The molecule has 2 heterocycles. The molecular formula is C14H17N3O. The van der Waals surface area contributed by atoms with Crippen molar-refractivity contribution in [2.24, 2.45) is 7.05 Å². The van der Waals surface area contributed by atoms with E-state index in [2.05, 4.69) is 28.5 Å². The Bertz CT molecular complexity index is 562. The molecule has 0 fully saturated rings. The number of fused-ring (bicyclic) bond motifs is 1. The molecule has 1 atom stereocenters. The van der Waals surface area contributed by atoms with Crippen LogP contribution in [0, 0.1) is 0 Å². The minimum absolute atomic E-state index is 0.170. The van der Waals surface area contributed by atoms with Gasteiger partial charge in [0.25, 0.3) is 0 Å². The molecule has 0 bridgehead atoms. The number of nitrogens with one attached hydrogen (secondary N) is 1. The lowest BCUT2D eigenvalue weighted by molar-refractivity contribution is 0.357. The molecule has 0 amide bonds. The lowest BCUT2D eigenvalue weighted by Gasteiger charge is -2.17. The van der Waals surface area contributed by atoms with Gasteiger partial charge < -0.3 is 14.6 Å². The molecule has 1 N–H and O–H groups in total. The van der Waals surface area contributed by atoms with Crippen molar-refractivity contribution < 1.29 is 4.74 Å². The highest BCUT2D eigenvalue weighted by atomic mass is 16.5. The van der Waals surface area contributed by atoms with Crippen LogP contribution in [0.2, 0.25) is 0 Å². The standard InChI is InChI=1S/C14H17N3O/c1-15-14(12-8-16-9-17(12)2)11-3-4-13-10(7-11)5-6-18-13/h3-4,7-9,14-15H,5-6H2,1-2H3. The highest BCUT2D eigenvalue weighted by Crippen LogP contribution is 2.30. The molecule has 18 heavy (non-hydrogen) atoms. The van der Waals surface area contributed by atoms with Crippen LogP contribution in [0.3, 0.4) is 0 Å². The van der Waals surface area contributed by atoms with Gasteiger partial charge in [-0.1, -0.05) is 12.1 Å². The van der Waals surface area contributed by atoms with E-state index in [1.807, 2.05) is 31.2 Å². The number of nitrogens with zero attached hydrogens (tertiary/aromatic N) is 2. The van der Waals surface area contributed by atoms with Crippen molar-refractivity contribution >= 4 is 0 Å². The van der Waals surface area contributed by atoms with E-state index in [0.29, 0.717) is 0 Å². The van der Waals surface area contributed by atoms with Crippen LogP contribution in [0.25, 0.3) is 0 Å². The summed E-state index contributed by atoms with van der Waals surface area (Å²) >= 11 is 0. The van der Waals surface area contributed by atoms with Gasteiger partial charge in [-0.3, -0.25) is 0 Å². The van der Waals surface area contributed by atoms with E-state index in [-0.39, 0.29) is 6.04 Å². The zero-order chi connectivity index (χ0) is 12.5. The zero-order valence-electron chi connectivity index (χ0n) is 10.7. The summed E-state index contributed by atoms with van der Waals surface area (Å²) in [5, 5.41) is 3.35. The molecule has 0 aliphatic carbocycles. The number of hydrogen-bond acceptors (Lipinski definition) is 3. The van der Waals surface area contributed by atoms with Crippen LogP contribution >= 0.6 is 0 Å². The lowest BCUT2D eigenvalue weighted by atomic mass is 10.0. The van der Waals surface area contributed by atoms with Crippen molar-refractivity contribution in [1.29, 1.82) is 0 Å². The first kappa shape index (κ1) is 11.3. The van der Waals surface area contributed by atoms with Crippen molar-refractivity contribution in [3.63, 3.8) is 0 Å². The normalized spacial score (nSPS) is 15.2. The molecule has 0 saturated heterocycles. The Morgan fingerprint density at radius 2 is 2.33 bits per heavy atom. The predicted octanol–water partition coefficient (Wildman–Crippen LogP) is 1.66. The topological polar surface area (TPSA) is 39.1 Å². The second-order valence-corrected chi connectivity index (χ2v) is 4.62. The van der Waals surface area contributed by atoms with Gasteiger partial charge >= 0.3 is 0 Å². The first-order valence-electron chi connectivity index (χ1n) is 6.18. The van der Waals surface area contributed by atoms with E-state index in [1.54, 1.807) is 0 Å². The lowest BCUT2D eigenvalue weighted by Crippen LogP contribution is -2.20. The van der Waals surface area contributed by atoms with E-state index in [1.165, 1.54) is 11.1 Å². The molecule has 0 saturated carbocycles.